The van der Waals surface area contributed by atoms with E-state index in [1.807, 2.05) is 34.6 Å². The molecule has 43 heavy (non-hydrogen) atoms. The summed E-state index contributed by atoms with van der Waals surface area (Å²) in [6.07, 6.45) is 2.14. The van der Waals surface area contributed by atoms with Crippen LogP contribution in [0, 0.1) is 29.0 Å². The molecule has 0 saturated carbocycles. The number of aromatic amines is 1. The number of rotatable bonds is 11. The van der Waals surface area contributed by atoms with Gasteiger partial charge >= 0.3 is 0 Å². The van der Waals surface area contributed by atoms with Gasteiger partial charge in [0, 0.05) is 29.9 Å². The standard InChI is InChI=1S/C32H42FN5O5/c1-7-26(39)23(14-19-11-12-34-28(19)40)36-30(42)27-32(5,6)18(4)16-38(27)31(43)25(13-17(2)3)37-29(41)24-15-20-21(33)9-8-10-22(20)35-24/h7-10,15,17-19,23,25,27,35H,1,11-14,16H2,2-6H3,(H,34,40)(H,36,42)(H,37,41)/t18-,19+,23+,25+,27-/m1/s1. The minimum absolute atomic E-state index is 0.0295. The number of likely N-dealkylation sites (tertiary alicyclic amines) is 1. The van der Waals surface area contributed by atoms with Crippen molar-refractivity contribution in [3.63, 3.8) is 0 Å². The number of halogens is 1. The average molecular weight is 596 g/mol. The van der Waals surface area contributed by atoms with Crippen molar-refractivity contribution in [2.45, 2.75) is 72.0 Å². The zero-order chi connectivity index (χ0) is 31.6. The number of hydrogen-bond acceptors (Lipinski definition) is 5. The normalized spacial score (nSPS) is 22.7. The highest BCUT2D eigenvalue weighted by molar-refractivity contribution is 6.02. The van der Waals surface area contributed by atoms with Crippen molar-refractivity contribution in [3.8, 4) is 0 Å². The van der Waals surface area contributed by atoms with Gasteiger partial charge in [-0.05, 0) is 60.8 Å². The number of nitrogens with one attached hydrogen (secondary N) is 4. The Kier molecular flexibility index (Phi) is 9.41. The van der Waals surface area contributed by atoms with E-state index in [4.69, 9.17) is 0 Å². The molecule has 1 aromatic carbocycles. The van der Waals surface area contributed by atoms with Crippen LogP contribution < -0.4 is 16.0 Å². The van der Waals surface area contributed by atoms with Gasteiger partial charge < -0.3 is 25.8 Å². The van der Waals surface area contributed by atoms with Crippen molar-refractivity contribution < 1.29 is 28.4 Å². The quantitative estimate of drug-likeness (QED) is 0.296. The first-order valence-electron chi connectivity index (χ1n) is 14.9. The third-order valence-electron chi connectivity index (χ3n) is 9.00. The zero-order valence-electron chi connectivity index (χ0n) is 25.5. The summed E-state index contributed by atoms with van der Waals surface area (Å²) in [4.78, 5) is 70.7. The van der Waals surface area contributed by atoms with E-state index in [9.17, 15) is 28.4 Å². The van der Waals surface area contributed by atoms with E-state index in [-0.39, 0.29) is 41.8 Å². The fourth-order valence-electron chi connectivity index (χ4n) is 6.17. The van der Waals surface area contributed by atoms with Crippen LogP contribution in [0.15, 0.2) is 36.9 Å². The molecular formula is C32H42FN5O5. The Morgan fingerprint density at radius 1 is 1.19 bits per heavy atom. The molecule has 0 aliphatic carbocycles. The molecule has 2 fully saturated rings. The molecule has 0 bridgehead atoms. The van der Waals surface area contributed by atoms with Crippen LogP contribution in [-0.2, 0) is 19.2 Å². The molecule has 2 aliphatic rings. The Balaban J connectivity index is 1.58. The summed E-state index contributed by atoms with van der Waals surface area (Å²) >= 11 is 0. The molecule has 0 spiro atoms. The molecule has 2 aliphatic heterocycles. The minimum atomic E-state index is -0.962. The lowest BCUT2D eigenvalue weighted by Gasteiger charge is -2.35. The fourth-order valence-corrected chi connectivity index (χ4v) is 6.17. The molecule has 4 amide bonds. The minimum Gasteiger partial charge on any atom is -0.356 e. The second-order valence-corrected chi connectivity index (χ2v) is 12.8. The Bertz CT molecular complexity index is 1430. The van der Waals surface area contributed by atoms with Crippen LogP contribution in [0.4, 0.5) is 4.39 Å². The first kappa shape index (κ1) is 31.9. The third-order valence-corrected chi connectivity index (χ3v) is 9.00. The maximum Gasteiger partial charge on any atom is 0.268 e. The molecule has 1 aromatic heterocycles. The van der Waals surface area contributed by atoms with Gasteiger partial charge in [0.25, 0.3) is 5.91 Å². The van der Waals surface area contributed by atoms with Crippen molar-refractivity contribution >= 4 is 40.3 Å². The third kappa shape index (κ3) is 6.65. The summed E-state index contributed by atoms with van der Waals surface area (Å²) in [6.45, 7) is 14.0. The highest BCUT2D eigenvalue weighted by Gasteiger charge is 2.53. The molecule has 3 heterocycles. The van der Waals surface area contributed by atoms with Gasteiger partial charge in [-0.3, -0.25) is 24.0 Å². The largest absolute Gasteiger partial charge is 0.356 e. The smallest absolute Gasteiger partial charge is 0.268 e. The molecule has 0 radical (unpaired) electrons. The number of nitrogens with zero attached hydrogens (tertiary/aromatic N) is 1. The second-order valence-electron chi connectivity index (χ2n) is 12.8. The number of fused-ring (bicyclic) bond motifs is 1. The predicted molar refractivity (Wildman–Crippen MR) is 160 cm³/mol. The zero-order valence-corrected chi connectivity index (χ0v) is 25.5. The van der Waals surface area contributed by atoms with Gasteiger partial charge in [-0.15, -0.1) is 0 Å². The highest BCUT2D eigenvalue weighted by Crippen LogP contribution is 2.41. The van der Waals surface area contributed by atoms with Crippen molar-refractivity contribution in [2.24, 2.45) is 23.2 Å². The van der Waals surface area contributed by atoms with Gasteiger partial charge in [0.2, 0.25) is 17.7 Å². The maximum atomic E-state index is 14.3. The Morgan fingerprint density at radius 3 is 2.51 bits per heavy atom. The highest BCUT2D eigenvalue weighted by atomic mass is 19.1. The summed E-state index contributed by atoms with van der Waals surface area (Å²) < 4.78 is 14.3. The molecule has 0 unspecified atom stereocenters. The molecule has 10 nitrogen and oxygen atoms in total. The van der Waals surface area contributed by atoms with E-state index >= 15 is 0 Å². The van der Waals surface area contributed by atoms with Gasteiger partial charge in [-0.2, -0.15) is 0 Å². The number of amides is 4. The SMILES string of the molecule is C=CC(=O)[C@H](C[C@@H]1CCNC1=O)NC(=O)[C@H]1N(C(=O)[C@H](CC(C)C)NC(=O)c2cc3c(F)cccc3[nH]2)C[C@@H](C)C1(C)C. The molecule has 2 aromatic rings. The molecule has 4 rings (SSSR count). The van der Waals surface area contributed by atoms with Crippen LogP contribution in [0.1, 0.15) is 64.4 Å². The Labute approximate surface area is 251 Å². The molecule has 2 saturated heterocycles. The number of ketones is 1. The van der Waals surface area contributed by atoms with Crippen LogP contribution in [-0.4, -0.2) is 70.5 Å². The maximum absolute atomic E-state index is 14.3. The monoisotopic (exact) mass is 595 g/mol. The summed E-state index contributed by atoms with van der Waals surface area (Å²) in [7, 11) is 0. The summed E-state index contributed by atoms with van der Waals surface area (Å²) in [5.41, 5.74) is -0.0804. The van der Waals surface area contributed by atoms with Crippen LogP contribution in [0.2, 0.25) is 0 Å². The number of H-pyrrole nitrogens is 1. The average Bonchev–Trinajstić information content (AvgIpc) is 3.63. The number of hydrogen-bond donors (Lipinski definition) is 4. The number of aromatic nitrogens is 1. The molecule has 5 atom stereocenters. The van der Waals surface area contributed by atoms with E-state index < -0.39 is 58.8 Å². The van der Waals surface area contributed by atoms with Gasteiger partial charge in [0.15, 0.2) is 5.78 Å². The number of benzene rings is 1. The van der Waals surface area contributed by atoms with Gasteiger partial charge in [-0.1, -0.05) is 47.3 Å². The van der Waals surface area contributed by atoms with E-state index in [0.717, 1.165) is 6.08 Å². The van der Waals surface area contributed by atoms with Crippen LogP contribution >= 0.6 is 0 Å². The molecule has 232 valence electrons. The lowest BCUT2D eigenvalue weighted by atomic mass is 9.77. The van der Waals surface area contributed by atoms with Gasteiger partial charge in [0.1, 0.15) is 23.6 Å². The molecule has 4 N–H and O–H groups in total. The lowest BCUT2D eigenvalue weighted by Crippen LogP contribution is -2.58. The Hall–Kier alpha value is -4.02. The van der Waals surface area contributed by atoms with Crippen molar-refractivity contribution in [1.29, 1.82) is 0 Å². The second kappa shape index (κ2) is 12.7. The van der Waals surface area contributed by atoms with Crippen molar-refractivity contribution in [3.05, 3.63) is 48.4 Å². The first-order valence-corrected chi connectivity index (χ1v) is 14.9. The lowest BCUT2D eigenvalue weighted by molar-refractivity contribution is -0.143. The van der Waals surface area contributed by atoms with Crippen LogP contribution in [0.25, 0.3) is 10.9 Å². The topological polar surface area (TPSA) is 140 Å². The van der Waals surface area contributed by atoms with Crippen LogP contribution in [0.5, 0.6) is 0 Å². The summed E-state index contributed by atoms with van der Waals surface area (Å²) in [6, 6.07) is 3.07. The van der Waals surface area contributed by atoms with E-state index in [0.29, 0.717) is 24.9 Å². The van der Waals surface area contributed by atoms with Crippen molar-refractivity contribution in [2.75, 3.05) is 13.1 Å². The van der Waals surface area contributed by atoms with E-state index in [1.54, 1.807) is 6.07 Å². The fraction of sp³-hybridized carbons (Fsp3) is 0.531. The van der Waals surface area contributed by atoms with E-state index in [2.05, 4.69) is 27.5 Å². The van der Waals surface area contributed by atoms with E-state index in [1.165, 1.54) is 23.1 Å². The van der Waals surface area contributed by atoms with Crippen LogP contribution in [0.3, 0.4) is 0 Å². The predicted octanol–water partition coefficient (Wildman–Crippen LogP) is 3.09. The molecule has 11 heteroatoms. The van der Waals surface area contributed by atoms with Crippen molar-refractivity contribution in [1.82, 2.24) is 25.8 Å². The molecular weight excluding hydrogens is 553 g/mol. The van der Waals surface area contributed by atoms with Gasteiger partial charge in [-0.25, -0.2) is 4.39 Å². The first-order chi connectivity index (χ1) is 20.2. The summed E-state index contributed by atoms with van der Waals surface area (Å²) in [5.74, 6) is -2.96. The number of carbonyl (C=O) groups excluding carboxylic acids is 5. The number of carbonyl (C=O) groups is 5. The summed E-state index contributed by atoms with van der Waals surface area (Å²) in [5, 5.41) is 8.66. The van der Waals surface area contributed by atoms with Gasteiger partial charge in [0.05, 0.1) is 6.04 Å². The Morgan fingerprint density at radius 2 is 1.91 bits per heavy atom.